The summed E-state index contributed by atoms with van der Waals surface area (Å²) in [6.45, 7) is 1.05. The lowest BCUT2D eigenvalue weighted by atomic mass is 10.1. The van der Waals surface area contributed by atoms with E-state index < -0.39 is 0 Å². The first-order valence-corrected chi connectivity index (χ1v) is 4.75. The second-order valence-corrected chi connectivity index (χ2v) is 3.19. The Kier molecular flexibility index (Phi) is 2.76. The third-order valence-corrected chi connectivity index (χ3v) is 2.21. The minimum absolute atomic E-state index is 0.354. The number of hydrogen-bond donors (Lipinski definition) is 0. The minimum Gasteiger partial charge on any atom is -0.493 e. The molecule has 0 unspecified atom stereocenters. The van der Waals surface area contributed by atoms with E-state index in [0.29, 0.717) is 36.9 Å². The Balaban J connectivity index is 2.42. The van der Waals surface area contributed by atoms with Crippen molar-refractivity contribution < 1.29 is 19.0 Å². The van der Waals surface area contributed by atoms with Crippen LogP contribution in [0.1, 0.15) is 5.56 Å². The zero-order chi connectivity index (χ0) is 10.7. The molecule has 2 rings (SSSR count). The first-order chi connectivity index (χ1) is 7.35. The average Bonchev–Trinajstić information content (AvgIpc) is 2.28. The summed E-state index contributed by atoms with van der Waals surface area (Å²) in [5.74, 6) is 1.89. The highest BCUT2D eigenvalue weighted by Crippen LogP contribution is 2.40. The molecule has 0 aromatic heterocycles. The molecule has 80 valence electrons. The van der Waals surface area contributed by atoms with Crippen molar-refractivity contribution in [2.45, 2.75) is 6.42 Å². The predicted molar refractivity (Wildman–Crippen MR) is 53.8 cm³/mol. The van der Waals surface area contributed by atoms with E-state index in [2.05, 4.69) is 0 Å². The van der Waals surface area contributed by atoms with Crippen molar-refractivity contribution in [3.8, 4) is 17.2 Å². The lowest BCUT2D eigenvalue weighted by Crippen LogP contribution is -2.16. The Bertz CT molecular complexity index is 356. The maximum atomic E-state index is 10.4. The molecule has 0 spiro atoms. The largest absolute Gasteiger partial charge is 0.493 e. The molecule has 0 bridgehead atoms. The molecular formula is C11H12O4. The summed E-state index contributed by atoms with van der Waals surface area (Å²) in [5.41, 5.74) is 0.867. The SMILES string of the molecule is COc1cc(CC=O)cc2c1OCCO2. The molecule has 4 heteroatoms. The van der Waals surface area contributed by atoms with E-state index >= 15 is 0 Å². The van der Waals surface area contributed by atoms with Crippen LogP contribution in [0.5, 0.6) is 17.2 Å². The lowest BCUT2D eigenvalue weighted by Gasteiger charge is -2.21. The van der Waals surface area contributed by atoms with Crippen LogP contribution in [0.25, 0.3) is 0 Å². The molecule has 0 radical (unpaired) electrons. The Morgan fingerprint density at radius 2 is 2.20 bits per heavy atom. The monoisotopic (exact) mass is 208 g/mol. The molecule has 1 aromatic rings. The number of carbonyl (C=O) groups is 1. The predicted octanol–water partition coefficient (Wildman–Crippen LogP) is 1.21. The lowest BCUT2D eigenvalue weighted by molar-refractivity contribution is -0.107. The van der Waals surface area contributed by atoms with Crippen molar-refractivity contribution >= 4 is 6.29 Å². The van der Waals surface area contributed by atoms with Gasteiger partial charge in [-0.1, -0.05) is 0 Å². The van der Waals surface area contributed by atoms with Gasteiger partial charge in [-0.3, -0.25) is 0 Å². The van der Waals surface area contributed by atoms with Crippen LogP contribution in [0.2, 0.25) is 0 Å². The Hall–Kier alpha value is -1.71. The van der Waals surface area contributed by atoms with Crippen LogP contribution >= 0.6 is 0 Å². The number of carbonyl (C=O) groups excluding carboxylic acids is 1. The third-order valence-electron chi connectivity index (χ3n) is 2.21. The van der Waals surface area contributed by atoms with Gasteiger partial charge in [-0.15, -0.1) is 0 Å². The van der Waals surface area contributed by atoms with E-state index in [1.54, 1.807) is 13.2 Å². The number of benzene rings is 1. The van der Waals surface area contributed by atoms with Gasteiger partial charge in [-0.25, -0.2) is 0 Å². The summed E-state index contributed by atoms with van der Waals surface area (Å²) in [6.07, 6.45) is 1.21. The van der Waals surface area contributed by atoms with Crippen molar-refractivity contribution in [2.24, 2.45) is 0 Å². The summed E-state index contributed by atoms with van der Waals surface area (Å²) in [7, 11) is 1.57. The molecule has 0 saturated carbocycles. The van der Waals surface area contributed by atoms with Gasteiger partial charge < -0.3 is 19.0 Å². The normalized spacial score (nSPS) is 13.4. The van der Waals surface area contributed by atoms with Gasteiger partial charge >= 0.3 is 0 Å². The van der Waals surface area contributed by atoms with Gasteiger partial charge in [0.1, 0.15) is 19.5 Å². The van der Waals surface area contributed by atoms with E-state index in [9.17, 15) is 4.79 Å². The molecule has 0 atom stereocenters. The number of hydrogen-bond acceptors (Lipinski definition) is 4. The molecular weight excluding hydrogens is 196 g/mol. The highest BCUT2D eigenvalue weighted by Gasteiger charge is 2.17. The Labute approximate surface area is 87.8 Å². The fraction of sp³-hybridized carbons (Fsp3) is 0.364. The van der Waals surface area contributed by atoms with Crippen LogP contribution in [-0.4, -0.2) is 26.6 Å². The fourth-order valence-corrected chi connectivity index (χ4v) is 1.54. The van der Waals surface area contributed by atoms with Crippen LogP contribution in [0.4, 0.5) is 0 Å². The number of ether oxygens (including phenoxy) is 3. The summed E-state index contributed by atoms with van der Waals surface area (Å²) in [5, 5.41) is 0. The van der Waals surface area contributed by atoms with Gasteiger partial charge in [-0.05, 0) is 17.7 Å². The molecule has 0 N–H and O–H groups in total. The maximum absolute atomic E-state index is 10.4. The second-order valence-electron chi connectivity index (χ2n) is 3.19. The molecule has 1 aliphatic heterocycles. The van der Waals surface area contributed by atoms with Crippen LogP contribution < -0.4 is 14.2 Å². The quantitative estimate of drug-likeness (QED) is 0.700. The van der Waals surface area contributed by atoms with Gasteiger partial charge in [0.2, 0.25) is 5.75 Å². The van der Waals surface area contributed by atoms with E-state index in [0.717, 1.165) is 11.8 Å². The Morgan fingerprint density at radius 1 is 1.40 bits per heavy atom. The summed E-state index contributed by atoms with van der Waals surface area (Å²) in [6, 6.07) is 3.60. The molecule has 1 aromatic carbocycles. The molecule has 0 saturated heterocycles. The number of rotatable bonds is 3. The van der Waals surface area contributed by atoms with Gasteiger partial charge in [0, 0.05) is 6.42 Å². The molecule has 0 fully saturated rings. The van der Waals surface area contributed by atoms with E-state index in [1.807, 2.05) is 6.07 Å². The highest BCUT2D eigenvalue weighted by atomic mass is 16.6. The van der Waals surface area contributed by atoms with Crippen LogP contribution in [-0.2, 0) is 11.2 Å². The van der Waals surface area contributed by atoms with E-state index in [-0.39, 0.29) is 0 Å². The van der Waals surface area contributed by atoms with Crippen molar-refractivity contribution in [1.82, 2.24) is 0 Å². The Morgan fingerprint density at radius 3 is 2.93 bits per heavy atom. The third kappa shape index (κ3) is 1.88. The molecule has 15 heavy (non-hydrogen) atoms. The zero-order valence-corrected chi connectivity index (χ0v) is 8.49. The first-order valence-electron chi connectivity index (χ1n) is 4.75. The van der Waals surface area contributed by atoms with Gasteiger partial charge in [-0.2, -0.15) is 0 Å². The van der Waals surface area contributed by atoms with Crippen molar-refractivity contribution in [3.05, 3.63) is 17.7 Å². The first kappa shape index (κ1) is 9.83. The van der Waals surface area contributed by atoms with E-state index in [1.165, 1.54) is 0 Å². The van der Waals surface area contributed by atoms with Crippen LogP contribution in [0.3, 0.4) is 0 Å². The molecule has 0 aliphatic carbocycles. The molecule has 1 aliphatic rings. The summed E-state index contributed by atoms with van der Waals surface area (Å²) < 4.78 is 16.1. The number of methoxy groups -OCH3 is 1. The van der Waals surface area contributed by atoms with Crippen LogP contribution in [0.15, 0.2) is 12.1 Å². The zero-order valence-electron chi connectivity index (χ0n) is 8.49. The smallest absolute Gasteiger partial charge is 0.203 e. The minimum atomic E-state index is 0.354. The van der Waals surface area contributed by atoms with Gasteiger partial charge in [0.25, 0.3) is 0 Å². The van der Waals surface area contributed by atoms with Gasteiger partial charge in [0.15, 0.2) is 11.5 Å². The molecule has 4 nitrogen and oxygen atoms in total. The van der Waals surface area contributed by atoms with E-state index in [4.69, 9.17) is 14.2 Å². The number of fused-ring (bicyclic) bond motifs is 1. The van der Waals surface area contributed by atoms with Crippen molar-refractivity contribution in [1.29, 1.82) is 0 Å². The number of aldehydes is 1. The highest BCUT2D eigenvalue weighted by molar-refractivity contribution is 5.60. The van der Waals surface area contributed by atoms with Gasteiger partial charge in [0.05, 0.1) is 7.11 Å². The maximum Gasteiger partial charge on any atom is 0.203 e. The summed E-state index contributed by atoms with van der Waals surface area (Å²) in [4.78, 5) is 10.4. The van der Waals surface area contributed by atoms with Crippen molar-refractivity contribution in [2.75, 3.05) is 20.3 Å². The fourth-order valence-electron chi connectivity index (χ4n) is 1.54. The average molecular weight is 208 g/mol. The molecule has 1 heterocycles. The van der Waals surface area contributed by atoms with Crippen LogP contribution in [0, 0.1) is 0 Å². The second kappa shape index (κ2) is 4.21. The molecule has 0 amide bonds. The summed E-state index contributed by atoms with van der Waals surface area (Å²) >= 11 is 0. The standard InChI is InChI=1S/C11H12O4/c1-13-9-6-8(2-3-12)7-10-11(9)15-5-4-14-10/h3,6-7H,2,4-5H2,1H3. The van der Waals surface area contributed by atoms with Crippen molar-refractivity contribution in [3.63, 3.8) is 0 Å². The topological polar surface area (TPSA) is 44.8 Å².